The molecule has 0 bridgehead atoms. The van der Waals surface area contributed by atoms with Crippen LogP contribution in [-0.2, 0) is 24.7 Å². The Morgan fingerprint density at radius 2 is 1.86 bits per heavy atom. The molecule has 1 rings (SSSR count). The first-order chi connectivity index (χ1) is 9.51. The van der Waals surface area contributed by atoms with Crippen LogP contribution in [0.1, 0.15) is 18.4 Å². The highest BCUT2D eigenvalue weighted by molar-refractivity contribution is 7.92. The van der Waals surface area contributed by atoms with E-state index in [9.17, 15) is 21.6 Å². The van der Waals surface area contributed by atoms with E-state index in [0.717, 1.165) is 6.26 Å². The van der Waals surface area contributed by atoms with Crippen LogP contribution in [-0.4, -0.2) is 39.9 Å². The number of nitrogens with one attached hydrogen (secondary N) is 1. The molecule has 0 aliphatic carbocycles. The van der Waals surface area contributed by atoms with Crippen molar-refractivity contribution in [2.45, 2.75) is 24.7 Å². The first kappa shape index (κ1) is 17.4. The van der Waals surface area contributed by atoms with Crippen molar-refractivity contribution in [3.8, 4) is 0 Å². The first-order valence-electron chi connectivity index (χ1n) is 6.04. The zero-order valence-electron chi connectivity index (χ0n) is 11.7. The normalized spacial score (nSPS) is 12.1. The lowest BCUT2D eigenvalue weighted by Gasteiger charge is -2.11. The molecule has 118 valence electrons. The van der Waals surface area contributed by atoms with Gasteiger partial charge in [-0.15, -0.1) is 0 Å². The van der Waals surface area contributed by atoms with E-state index in [1.54, 1.807) is 6.92 Å². The van der Waals surface area contributed by atoms with Gasteiger partial charge in [-0.25, -0.2) is 16.8 Å². The number of benzene rings is 1. The average molecular weight is 335 g/mol. The van der Waals surface area contributed by atoms with E-state index in [4.69, 9.17) is 5.11 Å². The number of anilines is 1. The van der Waals surface area contributed by atoms with Gasteiger partial charge in [0.15, 0.2) is 9.84 Å². The average Bonchev–Trinajstić information content (AvgIpc) is 2.29. The Morgan fingerprint density at radius 1 is 1.24 bits per heavy atom. The number of aryl methyl sites for hydroxylation is 1. The van der Waals surface area contributed by atoms with Crippen molar-refractivity contribution in [3.05, 3.63) is 23.8 Å². The molecular formula is C12H17NO6S2. The number of carbonyl (C=O) groups is 1. The minimum Gasteiger partial charge on any atom is -0.481 e. The van der Waals surface area contributed by atoms with Crippen molar-refractivity contribution in [2.24, 2.45) is 0 Å². The highest BCUT2D eigenvalue weighted by Gasteiger charge is 2.15. The summed E-state index contributed by atoms with van der Waals surface area (Å²) in [7, 11) is -7.16. The fourth-order valence-corrected chi connectivity index (χ4v) is 3.40. The lowest BCUT2D eigenvalue weighted by atomic mass is 10.2. The van der Waals surface area contributed by atoms with Gasteiger partial charge in [0.25, 0.3) is 0 Å². The second kappa shape index (κ2) is 6.44. The largest absolute Gasteiger partial charge is 0.481 e. The van der Waals surface area contributed by atoms with Crippen molar-refractivity contribution in [3.63, 3.8) is 0 Å². The molecule has 0 spiro atoms. The molecule has 2 N–H and O–H groups in total. The van der Waals surface area contributed by atoms with Gasteiger partial charge in [-0.05, 0) is 31.0 Å². The van der Waals surface area contributed by atoms with Gasteiger partial charge in [-0.3, -0.25) is 9.52 Å². The van der Waals surface area contributed by atoms with Crippen LogP contribution < -0.4 is 4.72 Å². The molecule has 21 heavy (non-hydrogen) atoms. The third-order valence-corrected chi connectivity index (χ3v) is 5.17. The van der Waals surface area contributed by atoms with Crippen molar-refractivity contribution >= 4 is 31.5 Å². The topological polar surface area (TPSA) is 118 Å². The van der Waals surface area contributed by atoms with Crippen LogP contribution in [0.4, 0.5) is 5.69 Å². The molecule has 0 fully saturated rings. The monoisotopic (exact) mass is 335 g/mol. The van der Waals surface area contributed by atoms with Crippen LogP contribution in [0.15, 0.2) is 23.1 Å². The van der Waals surface area contributed by atoms with Crippen molar-refractivity contribution in [1.29, 1.82) is 0 Å². The SMILES string of the molecule is Cc1ccc(S(C)(=O)=O)cc1NS(=O)(=O)CCCC(=O)O. The standard InChI is InChI=1S/C12H17NO6S2/c1-9-5-6-10(20(2,16)17)8-11(9)13-21(18,19)7-3-4-12(14)15/h5-6,8,13H,3-4,7H2,1-2H3,(H,14,15). The molecule has 0 aliphatic rings. The first-order valence-corrected chi connectivity index (χ1v) is 9.58. The van der Waals surface area contributed by atoms with Crippen LogP contribution >= 0.6 is 0 Å². The fourth-order valence-electron chi connectivity index (χ4n) is 1.57. The summed E-state index contributed by atoms with van der Waals surface area (Å²) in [6.45, 7) is 1.64. The zero-order valence-corrected chi connectivity index (χ0v) is 13.3. The molecule has 1 aromatic rings. The maximum Gasteiger partial charge on any atom is 0.303 e. The van der Waals surface area contributed by atoms with Gasteiger partial charge < -0.3 is 5.11 Å². The van der Waals surface area contributed by atoms with Crippen molar-refractivity contribution in [2.75, 3.05) is 16.7 Å². The van der Waals surface area contributed by atoms with Gasteiger partial charge in [0, 0.05) is 12.7 Å². The van der Waals surface area contributed by atoms with Gasteiger partial charge in [0.2, 0.25) is 10.0 Å². The molecular weight excluding hydrogens is 318 g/mol. The van der Waals surface area contributed by atoms with E-state index in [2.05, 4.69) is 4.72 Å². The van der Waals surface area contributed by atoms with E-state index >= 15 is 0 Å². The van der Waals surface area contributed by atoms with Crippen molar-refractivity contribution < 1.29 is 26.7 Å². The third kappa shape index (κ3) is 5.72. The summed E-state index contributed by atoms with van der Waals surface area (Å²) in [6, 6.07) is 4.15. The molecule has 7 nitrogen and oxygen atoms in total. The molecule has 9 heteroatoms. The predicted molar refractivity (Wildman–Crippen MR) is 78.6 cm³/mol. The molecule has 0 unspecified atom stereocenters. The summed E-state index contributed by atoms with van der Waals surface area (Å²) in [5.74, 6) is -1.41. The summed E-state index contributed by atoms with van der Waals surface area (Å²) < 4.78 is 48.9. The Hall–Kier alpha value is -1.61. The summed E-state index contributed by atoms with van der Waals surface area (Å²) in [5.41, 5.74) is 0.748. The van der Waals surface area contributed by atoms with Crippen LogP contribution in [0.25, 0.3) is 0 Å². The Labute approximate surface area is 124 Å². The van der Waals surface area contributed by atoms with Crippen molar-refractivity contribution in [1.82, 2.24) is 0 Å². The minimum atomic E-state index is -3.72. The van der Waals surface area contributed by atoms with E-state index < -0.39 is 25.8 Å². The van der Waals surface area contributed by atoms with Crippen LogP contribution in [0.2, 0.25) is 0 Å². The van der Waals surface area contributed by atoms with E-state index in [-0.39, 0.29) is 29.2 Å². The summed E-state index contributed by atoms with van der Waals surface area (Å²) in [4.78, 5) is 10.4. The summed E-state index contributed by atoms with van der Waals surface area (Å²) >= 11 is 0. The van der Waals surface area contributed by atoms with E-state index in [1.165, 1.54) is 18.2 Å². The van der Waals surface area contributed by atoms with Crippen LogP contribution in [0.3, 0.4) is 0 Å². The number of sulfonamides is 1. The predicted octanol–water partition coefficient (Wildman–Crippen LogP) is 1.01. The molecule has 0 aromatic heterocycles. The summed E-state index contributed by atoms with van der Waals surface area (Å²) in [6.07, 6.45) is 0.765. The third-order valence-electron chi connectivity index (χ3n) is 2.71. The summed E-state index contributed by atoms with van der Waals surface area (Å²) in [5, 5.41) is 8.49. The highest BCUT2D eigenvalue weighted by atomic mass is 32.2. The number of rotatable bonds is 7. The second-order valence-corrected chi connectivity index (χ2v) is 8.52. The molecule has 0 heterocycles. The van der Waals surface area contributed by atoms with Gasteiger partial charge in [-0.1, -0.05) is 6.07 Å². The van der Waals surface area contributed by atoms with Crippen LogP contribution in [0, 0.1) is 6.92 Å². The Morgan fingerprint density at radius 3 is 2.38 bits per heavy atom. The smallest absolute Gasteiger partial charge is 0.303 e. The van der Waals surface area contributed by atoms with Gasteiger partial charge in [0.1, 0.15) is 0 Å². The molecule has 0 saturated heterocycles. The number of carboxylic acid groups (broad SMARTS) is 1. The molecule has 0 radical (unpaired) electrons. The fraction of sp³-hybridized carbons (Fsp3) is 0.417. The molecule has 0 amide bonds. The molecule has 0 aliphatic heterocycles. The Kier molecular flexibility index (Phi) is 5.35. The van der Waals surface area contributed by atoms with Gasteiger partial charge >= 0.3 is 5.97 Å². The zero-order chi connectivity index (χ0) is 16.3. The van der Waals surface area contributed by atoms with Gasteiger partial charge in [-0.2, -0.15) is 0 Å². The van der Waals surface area contributed by atoms with Crippen LogP contribution in [0.5, 0.6) is 0 Å². The molecule has 0 atom stereocenters. The Balaban J connectivity index is 2.94. The number of sulfone groups is 1. The highest BCUT2D eigenvalue weighted by Crippen LogP contribution is 2.21. The van der Waals surface area contributed by atoms with E-state index in [1.807, 2.05) is 0 Å². The maximum atomic E-state index is 11.8. The minimum absolute atomic E-state index is 0.0105. The quantitative estimate of drug-likeness (QED) is 0.767. The number of hydrogen-bond donors (Lipinski definition) is 2. The second-order valence-electron chi connectivity index (χ2n) is 4.67. The number of aliphatic carboxylic acids is 1. The number of carboxylic acids is 1. The Bertz CT molecular complexity index is 737. The lowest BCUT2D eigenvalue weighted by molar-refractivity contribution is -0.137. The van der Waals surface area contributed by atoms with E-state index in [0.29, 0.717) is 5.56 Å². The maximum absolute atomic E-state index is 11.8. The molecule has 0 saturated carbocycles. The van der Waals surface area contributed by atoms with Gasteiger partial charge in [0.05, 0.1) is 16.3 Å². The molecule has 1 aromatic carbocycles. The number of hydrogen-bond acceptors (Lipinski definition) is 5. The lowest BCUT2D eigenvalue weighted by Crippen LogP contribution is -2.18.